The molecule has 0 bridgehead atoms. The van der Waals surface area contributed by atoms with Gasteiger partial charge in [0.25, 0.3) is 17.7 Å². The Morgan fingerprint density at radius 1 is 1.09 bits per heavy atom. The molecule has 7 heteroatoms. The first kappa shape index (κ1) is 27.5. The molecule has 1 aromatic rings. The van der Waals surface area contributed by atoms with E-state index in [0.29, 0.717) is 18.4 Å². The second kappa shape index (κ2) is 13.2. The summed E-state index contributed by atoms with van der Waals surface area (Å²) in [4.78, 5) is 45.5. The van der Waals surface area contributed by atoms with E-state index in [1.165, 1.54) is 21.0 Å². The van der Waals surface area contributed by atoms with Crippen molar-refractivity contribution in [1.29, 1.82) is 0 Å². The fraction of sp³-hybridized carbons (Fsp3) is 0.321. The Labute approximate surface area is 207 Å². The predicted molar refractivity (Wildman–Crippen MR) is 138 cm³/mol. The van der Waals surface area contributed by atoms with E-state index in [1.807, 2.05) is 54.6 Å². The van der Waals surface area contributed by atoms with Gasteiger partial charge in [-0.3, -0.25) is 19.2 Å². The van der Waals surface area contributed by atoms with Crippen molar-refractivity contribution in [3.63, 3.8) is 0 Å². The van der Waals surface area contributed by atoms with E-state index < -0.39 is 23.3 Å². The molecule has 2 N–H and O–H groups in total. The Bertz CT molecular complexity index is 1050. The SMILES string of the molecule is C=C(/C=C\C=C/CC)C1=CC=C(C(=O)N(C)[C@@](C)(C(=O)NC)C(=O)NOCc2ccccc2)CC1. The van der Waals surface area contributed by atoms with Crippen LogP contribution in [-0.2, 0) is 25.8 Å². The van der Waals surface area contributed by atoms with Gasteiger partial charge >= 0.3 is 0 Å². The average molecular weight is 478 g/mol. The zero-order chi connectivity index (χ0) is 25.8. The van der Waals surface area contributed by atoms with Crippen LogP contribution in [0.5, 0.6) is 0 Å². The largest absolute Gasteiger partial charge is 0.357 e. The lowest BCUT2D eigenvalue weighted by Crippen LogP contribution is -2.65. The molecule has 0 radical (unpaired) electrons. The average Bonchev–Trinajstić information content (AvgIpc) is 2.89. The summed E-state index contributed by atoms with van der Waals surface area (Å²) in [5, 5.41) is 2.48. The van der Waals surface area contributed by atoms with Crippen molar-refractivity contribution in [1.82, 2.24) is 15.7 Å². The first-order valence-corrected chi connectivity index (χ1v) is 11.6. The summed E-state index contributed by atoms with van der Waals surface area (Å²) in [7, 11) is 2.86. The number of rotatable bonds is 11. The van der Waals surface area contributed by atoms with Crippen LogP contribution < -0.4 is 10.8 Å². The maximum atomic E-state index is 13.3. The second-order valence-corrected chi connectivity index (χ2v) is 8.33. The van der Waals surface area contributed by atoms with Gasteiger partial charge in [-0.15, -0.1) is 0 Å². The van der Waals surface area contributed by atoms with Crippen molar-refractivity contribution < 1.29 is 19.2 Å². The van der Waals surface area contributed by atoms with Gasteiger partial charge in [0.2, 0.25) is 0 Å². The smallest absolute Gasteiger partial charge is 0.279 e. The van der Waals surface area contributed by atoms with Crippen molar-refractivity contribution in [3.8, 4) is 0 Å². The van der Waals surface area contributed by atoms with Crippen LogP contribution in [0.15, 0.2) is 90.1 Å². The van der Waals surface area contributed by atoms with Gasteiger partial charge in [0.15, 0.2) is 5.54 Å². The summed E-state index contributed by atoms with van der Waals surface area (Å²) in [5.41, 5.74) is 3.79. The van der Waals surface area contributed by atoms with Crippen molar-refractivity contribution in [2.75, 3.05) is 14.1 Å². The number of carbonyl (C=O) groups is 3. The highest BCUT2D eigenvalue weighted by molar-refractivity contribution is 6.12. The number of carbonyl (C=O) groups excluding carboxylic acids is 3. The van der Waals surface area contributed by atoms with E-state index >= 15 is 0 Å². The highest BCUT2D eigenvalue weighted by Crippen LogP contribution is 2.27. The monoisotopic (exact) mass is 477 g/mol. The van der Waals surface area contributed by atoms with Crippen LogP contribution in [0.3, 0.4) is 0 Å². The Hall–Kier alpha value is -3.71. The first-order chi connectivity index (χ1) is 16.7. The summed E-state index contributed by atoms with van der Waals surface area (Å²) in [6.07, 6.45) is 13.6. The second-order valence-electron chi connectivity index (χ2n) is 8.33. The number of nitrogens with zero attached hydrogens (tertiary/aromatic N) is 1. The molecule has 0 saturated carbocycles. The third-order valence-corrected chi connectivity index (χ3v) is 5.95. The molecule has 1 aromatic carbocycles. The number of amides is 3. The van der Waals surface area contributed by atoms with Crippen molar-refractivity contribution >= 4 is 17.7 Å². The number of likely N-dealkylation sites (N-methyl/N-ethyl adjacent to an activating group) is 2. The van der Waals surface area contributed by atoms with Gasteiger partial charge < -0.3 is 10.2 Å². The lowest BCUT2D eigenvalue weighted by atomic mass is 9.91. The fourth-order valence-electron chi connectivity index (χ4n) is 3.50. The number of hydroxylamine groups is 1. The molecule has 186 valence electrons. The van der Waals surface area contributed by atoms with E-state index in [-0.39, 0.29) is 6.61 Å². The molecular formula is C28H35N3O4. The number of hydrogen-bond acceptors (Lipinski definition) is 4. The molecule has 7 nitrogen and oxygen atoms in total. The van der Waals surface area contributed by atoms with E-state index in [9.17, 15) is 14.4 Å². The maximum absolute atomic E-state index is 13.3. The van der Waals surface area contributed by atoms with Gasteiger partial charge in [0.1, 0.15) is 0 Å². The highest BCUT2D eigenvalue weighted by atomic mass is 16.7. The molecule has 1 atom stereocenters. The Kier molecular flexibility index (Phi) is 10.4. The third-order valence-electron chi connectivity index (χ3n) is 5.95. The molecule has 0 saturated heterocycles. The standard InChI is InChI=1S/C28H35N3O4/c1-6-7-8-10-13-21(2)23-16-18-24(19-17-23)25(32)31(5)28(3,26(33)29-4)27(34)30-35-20-22-14-11-9-12-15-22/h7-16,18H,2,6,17,19-20H2,1,3-5H3,(H,29,33)(H,30,34)/b8-7-,13-10-/t28-/m0/s1. The fourth-order valence-corrected chi connectivity index (χ4v) is 3.50. The van der Waals surface area contributed by atoms with Crippen LogP contribution >= 0.6 is 0 Å². The van der Waals surface area contributed by atoms with Crippen LogP contribution in [0.1, 0.15) is 38.7 Å². The Morgan fingerprint density at radius 3 is 2.34 bits per heavy atom. The number of allylic oxidation sites excluding steroid dienone is 8. The Balaban J connectivity index is 2.12. The van der Waals surface area contributed by atoms with E-state index in [2.05, 4.69) is 30.4 Å². The van der Waals surface area contributed by atoms with Gasteiger partial charge in [-0.2, -0.15) is 0 Å². The van der Waals surface area contributed by atoms with Crippen LogP contribution in [0.4, 0.5) is 0 Å². The quantitative estimate of drug-likeness (QED) is 0.287. The molecule has 3 amide bonds. The van der Waals surface area contributed by atoms with Crippen LogP contribution in [0.2, 0.25) is 0 Å². The summed E-state index contributed by atoms with van der Waals surface area (Å²) in [5.74, 6) is -1.77. The zero-order valence-corrected chi connectivity index (χ0v) is 21.0. The zero-order valence-electron chi connectivity index (χ0n) is 21.0. The van der Waals surface area contributed by atoms with Crippen LogP contribution in [0, 0.1) is 0 Å². The Morgan fingerprint density at radius 2 is 1.74 bits per heavy atom. The summed E-state index contributed by atoms with van der Waals surface area (Å²) >= 11 is 0. The van der Waals surface area contributed by atoms with Crippen molar-refractivity contribution in [2.24, 2.45) is 0 Å². The lowest BCUT2D eigenvalue weighted by Gasteiger charge is -2.36. The molecule has 1 aliphatic rings. The topological polar surface area (TPSA) is 87.7 Å². The van der Waals surface area contributed by atoms with Crippen molar-refractivity contribution in [2.45, 2.75) is 45.3 Å². The first-order valence-electron chi connectivity index (χ1n) is 11.6. The molecular weight excluding hydrogens is 442 g/mol. The predicted octanol–water partition coefficient (Wildman–Crippen LogP) is 3.92. The van der Waals surface area contributed by atoms with Gasteiger partial charge in [0, 0.05) is 19.7 Å². The van der Waals surface area contributed by atoms with Gasteiger partial charge in [-0.1, -0.05) is 80.3 Å². The summed E-state index contributed by atoms with van der Waals surface area (Å²) < 4.78 is 0. The number of hydrogen-bond donors (Lipinski definition) is 2. The molecule has 0 spiro atoms. The van der Waals surface area contributed by atoms with Crippen LogP contribution in [-0.4, -0.2) is 42.3 Å². The van der Waals surface area contributed by atoms with Gasteiger partial charge in [0.05, 0.1) is 6.61 Å². The minimum Gasteiger partial charge on any atom is -0.357 e. The molecule has 1 aliphatic carbocycles. The van der Waals surface area contributed by atoms with E-state index in [1.54, 1.807) is 6.08 Å². The molecule has 0 heterocycles. The highest BCUT2D eigenvalue weighted by Gasteiger charge is 2.47. The summed E-state index contributed by atoms with van der Waals surface area (Å²) in [6.45, 7) is 7.68. The van der Waals surface area contributed by atoms with Gasteiger partial charge in [-0.25, -0.2) is 5.48 Å². The number of nitrogens with one attached hydrogen (secondary N) is 2. The van der Waals surface area contributed by atoms with E-state index in [0.717, 1.165) is 28.0 Å². The maximum Gasteiger partial charge on any atom is 0.279 e. The minimum absolute atomic E-state index is 0.124. The molecule has 35 heavy (non-hydrogen) atoms. The number of benzene rings is 1. The molecule has 0 aliphatic heterocycles. The molecule has 0 aromatic heterocycles. The van der Waals surface area contributed by atoms with Crippen molar-refractivity contribution in [3.05, 3.63) is 95.6 Å². The lowest BCUT2D eigenvalue weighted by molar-refractivity contribution is -0.158. The third kappa shape index (κ3) is 7.13. The molecule has 0 unspecified atom stereocenters. The van der Waals surface area contributed by atoms with Crippen LogP contribution in [0.25, 0.3) is 0 Å². The van der Waals surface area contributed by atoms with E-state index in [4.69, 9.17) is 4.84 Å². The van der Waals surface area contributed by atoms with Gasteiger partial charge in [-0.05, 0) is 42.9 Å². The minimum atomic E-state index is -1.81. The molecule has 0 fully saturated rings. The normalized spacial score (nSPS) is 15.2. The summed E-state index contributed by atoms with van der Waals surface area (Å²) in [6, 6.07) is 9.29. The molecule has 2 rings (SSSR count).